The Balaban J connectivity index is 2.32. The van der Waals surface area contributed by atoms with Crippen molar-refractivity contribution in [2.45, 2.75) is 45.2 Å². The van der Waals surface area contributed by atoms with Crippen LogP contribution in [0.1, 0.15) is 45.2 Å². The molecule has 3 heteroatoms. The molecule has 1 saturated heterocycles. The molecule has 2 rings (SSSR count). The van der Waals surface area contributed by atoms with Crippen molar-refractivity contribution in [3.63, 3.8) is 0 Å². The summed E-state index contributed by atoms with van der Waals surface area (Å²) in [6, 6.07) is 4.74. The Hall–Kier alpha value is -1.09. The summed E-state index contributed by atoms with van der Waals surface area (Å²) in [5.41, 5.74) is 1.56. The van der Waals surface area contributed by atoms with E-state index in [0.717, 1.165) is 5.82 Å². The molecule has 1 aromatic rings. The highest BCUT2D eigenvalue weighted by Crippen LogP contribution is 2.39. The number of aromatic nitrogens is 1. The SMILES string of the molecule is CNc1ncccc1C1CCCN1C(C)(C)C. The smallest absolute Gasteiger partial charge is 0.130 e. The van der Waals surface area contributed by atoms with Crippen LogP contribution in [0.15, 0.2) is 18.3 Å². The molecule has 0 saturated carbocycles. The van der Waals surface area contributed by atoms with Gasteiger partial charge in [0, 0.05) is 30.4 Å². The number of anilines is 1. The predicted molar refractivity (Wildman–Crippen MR) is 72.2 cm³/mol. The average molecular weight is 233 g/mol. The molecule has 0 aromatic carbocycles. The van der Waals surface area contributed by atoms with Crippen molar-refractivity contribution < 1.29 is 0 Å². The quantitative estimate of drug-likeness (QED) is 0.851. The Bertz CT molecular complexity index is 381. The fourth-order valence-corrected chi connectivity index (χ4v) is 2.79. The van der Waals surface area contributed by atoms with Gasteiger partial charge in [0.05, 0.1) is 0 Å². The zero-order valence-electron chi connectivity index (χ0n) is 11.3. The molecule has 1 atom stereocenters. The molecule has 1 aliphatic heterocycles. The highest BCUT2D eigenvalue weighted by Gasteiger charge is 2.34. The first-order valence-corrected chi connectivity index (χ1v) is 6.43. The Morgan fingerprint density at radius 3 is 2.82 bits per heavy atom. The van der Waals surface area contributed by atoms with E-state index in [9.17, 15) is 0 Å². The van der Waals surface area contributed by atoms with Gasteiger partial charge in [-0.1, -0.05) is 6.07 Å². The van der Waals surface area contributed by atoms with Gasteiger partial charge >= 0.3 is 0 Å². The summed E-state index contributed by atoms with van der Waals surface area (Å²) >= 11 is 0. The number of rotatable bonds is 2. The fraction of sp³-hybridized carbons (Fsp3) is 0.643. The van der Waals surface area contributed by atoms with Crippen LogP contribution >= 0.6 is 0 Å². The van der Waals surface area contributed by atoms with Crippen molar-refractivity contribution in [3.05, 3.63) is 23.9 Å². The molecular weight excluding hydrogens is 210 g/mol. The molecule has 0 amide bonds. The maximum absolute atomic E-state index is 4.42. The Morgan fingerprint density at radius 2 is 2.18 bits per heavy atom. The standard InChI is InChI=1S/C14H23N3/c1-14(2,3)17-10-6-8-12(17)11-7-5-9-16-13(11)15-4/h5,7,9,12H,6,8,10H2,1-4H3,(H,15,16). The average Bonchev–Trinajstić information content (AvgIpc) is 2.77. The molecule has 94 valence electrons. The molecule has 0 radical (unpaired) electrons. The summed E-state index contributed by atoms with van der Waals surface area (Å²) in [5, 5.41) is 3.21. The zero-order valence-corrected chi connectivity index (χ0v) is 11.3. The van der Waals surface area contributed by atoms with Crippen LogP contribution < -0.4 is 5.32 Å². The second kappa shape index (κ2) is 4.65. The van der Waals surface area contributed by atoms with Gasteiger partial charge in [0.2, 0.25) is 0 Å². The third kappa shape index (κ3) is 2.44. The molecule has 1 aromatic heterocycles. The van der Waals surface area contributed by atoms with E-state index in [0.29, 0.717) is 6.04 Å². The van der Waals surface area contributed by atoms with Crippen LogP contribution in [0.3, 0.4) is 0 Å². The van der Waals surface area contributed by atoms with E-state index in [4.69, 9.17) is 0 Å². The largest absolute Gasteiger partial charge is 0.373 e. The van der Waals surface area contributed by atoms with Crippen LogP contribution in [0, 0.1) is 0 Å². The number of pyridine rings is 1. The molecule has 17 heavy (non-hydrogen) atoms. The molecule has 1 unspecified atom stereocenters. The highest BCUT2D eigenvalue weighted by atomic mass is 15.2. The van der Waals surface area contributed by atoms with Gasteiger partial charge < -0.3 is 5.32 Å². The van der Waals surface area contributed by atoms with E-state index < -0.39 is 0 Å². The number of hydrogen-bond acceptors (Lipinski definition) is 3. The van der Waals surface area contributed by atoms with Crippen LogP contribution in [0.5, 0.6) is 0 Å². The van der Waals surface area contributed by atoms with E-state index in [1.807, 2.05) is 19.3 Å². The van der Waals surface area contributed by atoms with E-state index in [-0.39, 0.29) is 5.54 Å². The topological polar surface area (TPSA) is 28.2 Å². The number of likely N-dealkylation sites (tertiary alicyclic amines) is 1. The monoisotopic (exact) mass is 233 g/mol. The second-order valence-corrected chi connectivity index (χ2v) is 5.71. The van der Waals surface area contributed by atoms with Gasteiger partial charge in [0.15, 0.2) is 0 Å². The normalized spacial score (nSPS) is 21.8. The maximum Gasteiger partial charge on any atom is 0.130 e. The first-order valence-electron chi connectivity index (χ1n) is 6.43. The molecule has 0 bridgehead atoms. The van der Waals surface area contributed by atoms with E-state index >= 15 is 0 Å². The lowest BCUT2D eigenvalue weighted by Gasteiger charge is -2.37. The van der Waals surface area contributed by atoms with E-state index in [1.165, 1.54) is 24.9 Å². The lowest BCUT2D eigenvalue weighted by Crippen LogP contribution is -2.40. The molecule has 3 nitrogen and oxygen atoms in total. The lowest BCUT2D eigenvalue weighted by molar-refractivity contribution is 0.122. The van der Waals surface area contributed by atoms with E-state index in [2.05, 4.69) is 42.0 Å². The predicted octanol–water partition coefficient (Wildman–Crippen LogP) is 3.06. The van der Waals surface area contributed by atoms with E-state index in [1.54, 1.807) is 0 Å². The second-order valence-electron chi connectivity index (χ2n) is 5.71. The van der Waals surface area contributed by atoms with Gasteiger partial charge in [-0.3, -0.25) is 4.90 Å². The summed E-state index contributed by atoms with van der Waals surface area (Å²) < 4.78 is 0. The van der Waals surface area contributed by atoms with Gasteiger partial charge in [-0.2, -0.15) is 0 Å². The minimum Gasteiger partial charge on any atom is -0.373 e. The zero-order chi connectivity index (χ0) is 12.5. The lowest BCUT2D eigenvalue weighted by atomic mass is 10.00. The van der Waals surface area contributed by atoms with Crippen LogP contribution in [0.4, 0.5) is 5.82 Å². The van der Waals surface area contributed by atoms with Crippen molar-refractivity contribution in [3.8, 4) is 0 Å². The minimum atomic E-state index is 0.224. The highest BCUT2D eigenvalue weighted by molar-refractivity contribution is 5.45. The van der Waals surface area contributed by atoms with Crippen LogP contribution in [-0.2, 0) is 0 Å². The summed E-state index contributed by atoms with van der Waals surface area (Å²) in [7, 11) is 1.95. The Labute approximate surface area is 104 Å². The van der Waals surface area contributed by atoms with Crippen molar-refractivity contribution in [1.82, 2.24) is 9.88 Å². The van der Waals surface area contributed by atoms with Crippen LogP contribution in [0.2, 0.25) is 0 Å². The molecule has 0 spiro atoms. The van der Waals surface area contributed by atoms with Crippen molar-refractivity contribution >= 4 is 5.82 Å². The number of hydrogen-bond donors (Lipinski definition) is 1. The summed E-state index contributed by atoms with van der Waals surface area (Å²) in [6.07, 6.45) is 4.36. The minimum absolute atomic E-state index is 0.224. The molecular formula is C14H23N3. The molecule has 1 fully saturated rings. The third-order valence-electron chi connectivity index (χ3n) is 3.55. The summed E-state index contributed by atoms with van der Waals surface area (Å²) in [6.45, 7) is 8.06. The fourth-order valence-electron chi connectivity index (χ4n) is 2.79. The van der Waals surface area contributed by atoms with Crippen molar-refractivity contribution in [2.24, 2.45) is 0 Å². The Morgan fingerprint density at radius 1 is 1.41 bits per heavy atom. The molecule has 1 N–H and O–H groups in total. The van der Waals surface area contributed by atoms with Crippen LogP contribution in [-0.4, -0.2) is 29.0 Å². The van der Waals surface area contributed by atoms with Crippen molar-refractivity contribution in [1.29, 1.82) is 0 Å². The van der Waals surface area contributed by atoms with Crippen molar-refractivity contribution in [2.75, 3.05) is 18.9 Å². The van der Waals surface area contributed by atoms with Gasteiger partial charge in [-0.05, 0) is 46.2 Å². The first-order chi connectivity index (χ1) is 8.04. The number of nitrogens with zero attached hydrogens (tertiary/aromatic N) is 2. The summed E-state index contributed by atoms with van der Waals surface area (Å²) in [5.74, 6) is 1.02. The van der Waals surface area contributed by atoms with Gasteiger partial charge in [-0.15, -0.1) is 0 Å². The van der Waals surface area contributed by atoms with Gasteiger partial charge in [0.1, 0.15) is 5.82 Å². The maximum atomic E-state index is 4.42. The molecule has 0 aliphatic carbocycles. The summed E-state index contributed by atoms with van der Waals surface area (Å²) in [4.78, 5) is 7.01. The number of nitrogens with one attached hydrogen (secondary N) is 1. The Kier molecular flexibility index (Phi) is 3.38. The van der Waals surface area contributed by atoms with Gasteiger partial charge in [-0.25, -0.2) is 4.98 Å². The molecule has 1 aliphatic rings. The van der Waals surface area contributed by atoms with Gasteiger partial charge in [0.25, 0.3) is 0 Å². The first kappa shape index (κ1) is 12.4. The van der Waals surface area contributed by atoms with Crippen LogP contribution in [0.25, 0.3) is 0 Å². The third-order valence-corrected chi connectivity index (χ3v) is 3.55. The molecule has 2 heterocycles.